The molecular formula is C24H34N2O3S. The van der Waals surface area contributed by atoms with Crippen LogP contribution in [0.3, 0.4) is 0 Å². The minimum atomic E-state index is -4.21. The number of hydrogen-bond acceptors (Lipinski definition) is 4. The summed E-state index contributed by atoms with van der Waals surface area (Å²) in [6, 6.07) is 15.1. The molecule has 1 atom stereocenters. The van der Waals surface area contributed by atoms with Crippen LogP contribution in [0.1, 0.15) is 70.3 Å². The molecule has 2 aromatic rings. The number of nitrogens with zero attached hydrogens (tertiary/aromatic N) is 1. The van der Waals surface area contributed by atoms with Gasteiger partial charge in [-0.1, -0.05) is 82.2 Å². The van der Waals surface area contributed by atoms with Crippen molar-refractivity contribution in [2.75, 3.05) is 10.2 Å². The van der Waals surface area contributed by atoms with E-state index in [2.05, 4.69) is 29.3 Å². The summed E-state index contributed by atoms with van der Waals surface area (Å²) >= 11 is 0. The number of rotatable bonds is 12. The molecule has 3 rings (SSSR count). The number of nitrogens with one attached hydrogen (secondary N) is 1. The van der Waals surface area contributed by atoms with Crippen LogP contribution in [0.4, 0.5) is 11.4 Å². The van der Waals surface area contributed by atoms with Crippen molar-refractivity contribution < 1.29 is 13.0 Å². The van der Waals surface area contributed by atoms with Crippen LogP contribution >= 0.6 is 0 Å². The molecule has 6 heteroatoms. The van der Waals surface area contributed by atoms with Gasteiger partial charge in [-0.15, -0.1) is 0 Å². The topological polar surface area (TPSA) is 69.6 Å². The van der Waals surface area contributed by atoms with Gasteiger partial charge < -0.3 is 10.2 Å². The van der Waals surface area contributed by atoms with Crippen molar-refractivity contribution in [2.24, 2.45) is 0 Å². The second-order valence-electron chi connectivity index (χ2n) is 8.19. The molecule has 0 fully saturated rings. The molecule has 0 bridgehead atoms. The molecule has 0 spiro atoms. The van der Waals surface area contributed by atoms with E-state index in [1.807, 2.05) is 18.2 Å². The molecule has 0 radical (unpaired) electrons. The lowest BCUT2D eigenvalue weighted by molar-refractivity contribution is 0.483. The average molecular weight is 431 g/mol. The third-order valence-electron chi connectivity index (χ3n) is 5.80. The summed E-state index contributed by atoms with van der Waals surface area (Å²) < 4.78 is 32.5. The highest BCUT2D eigenvalue weighted by atomic mass is 32.2. The third kappa shape index (κ3) is 6.22. The number of hydrogen-bond donors (Lipinski definition) is 2. The Bertz CT molecular complexity index is 900. The van der Waals surface area contributed by atoms with Crippen LogP contribution in [0.2, 0.25) is 0 Å². The van der Waals surface area contributed by atoms with Crippen molar-refractivity contribution >= 4 is 21.5 Å². The standard InChI is InChI=1S/C24H34N2O3S/c1-2-3-4-5-6-7-8-12-15-24-25-22-18-21(30(27,28)29)16-17-23(22)26(24)19-20-13-10-9-11-14-20/h9-11,13-14,16-18,24-25H,2-8,12,15,19H2,1H3,(H,27,28,29). The summed E-state index contributed by atoms with van der Waals surface area (Å²) in [6.07, 6.45) is 11.4. The van der Waals surface area contributed by atoms with E-state index < -0.39 is 10.1 Å². The van der Waals surface area contributed by atoms with Crippen LogP contribution in [-0.2, 0) is 16.7 Å². The summed E-state index contributed by atoms with van der Waals surface area (Å²) in [4.78, 5) is 2.24. The molecule has 0 saturated heterocycles. The minimum Gasteiger partial charge on any atom is -0.363 e. The van der Waals surface area contributed by atoms with Gasteiger partial charge in [0.15, 0.2) is 0 Å². The van der Waals surface area contributed by atoms with Crippen molar-refractivity contribution in [1.29, 1.82) is 0 Å². The fourth-order valence-electron chi connectivity index (χ4n) is 4.14. The summed E-state index contributed by atoms with van der Waals surface area (Å²) in [5, 5.41) is 3.49. The van der Waals surface area contributed by atoms with E-state index in [4.69, 9.17) is 0 Å². The van der Waals surface area contributed by atoms with E-state index in [0.29, 0.717) is 0 Å². The molecule has 2 aromatic carbocycles. The monoisotopic (exact) mass is 430 g/mol. The smallest absolute Gasteiger partial charge is 0.294 e. The van der Waals surface area contributed by atoms with Gasteiger partial charge in [0.2, 0.25) is 0 Å². The molecule has 1 heterocycles. The van der Waals surface area contributed by atoms with Crippen molar-refractivity contribution in [1.82, 2.24) is 0 Å². The molecule has 5 nitrogen and oxygen atoms in total. The quantitative estimate of drug-likeness (QED) is 0.309. The second kappa shape index (κ2) is 10.8. The molecule has 0 saturated carbocycles. The van der Waals surface area contributed by atoms with Crippen LogP contribution < -0.4 is 10.2 Å². The minimum absolute atomic E-state index is 0.0684. The number of fused-ring (bicyclic) bond motifs is 1. The Balaban J connectivity index is 1.63. The van der Waals surface area contributed by atoms with Gasteiger partial charge in [-0.3, -0.25) is 4.55 Å². The maximum absolute atomic E-state index is 11.5. The number of benzene rings is 2. The molecule has 164 valence electrons. The molecule has 0 amide bonds. The molecule has 0 aliphatic carbocycles. The first-order chi connectivity index (χ1) is 14.5. The predicted octanol–water partition coefficient (Wildman–Crippen LogP) is 6.22. The van der Waals surface area contributed by atoms with Gasteiger partial charge in [0, 0.05) is 6.54 Å². The van der Waals surface area contributed by atoms with Gasteiger partial charge >= 0.3 is 0 Å². The Hall–Kier alpha value is -2.05. The van der Waals surface area contributed by atoms with Crippen molar-refractivity contribution in [3.8, 4) is 0 Å². The van der Waals surface area contributed by atoms with E-state index in [-0.39, 0.29) is 11.1 Å². The van der Waals surface area contributed by atoms with Crippen molar-refractivity contribution in [3.05, 3.63) is 54.1 Å². The Morgan fingerprint density at radius 1 is 0.933 bits per heavy atom. The Labute approximate surface area is 181 Å². The molecule has 30 heavy (non-hydrogen) atoms. The predicted molar refractivity (Wildman–Crippen MR) is 124 cm³/mol. The van der Waals surface area contributed by atoms with Crippen LogP contribution in [0.15, 0.2) is 53.4 Å². The molecular weight excluding hydrogens is 396 g/mol. The zero-order valence-corrected chi connectivity index (χ0v) is 18.7. The summed E-state index contributed by atoms with van der Waals surface area (Å²) in [6.45, 7) is 3.00. The van der Waals surface area contributed by atoms with Crippen LogP contribution in [0, 0.1) is 0 Å². The highest BCUT2D eigenvalue weighted by Gasteiger charge is 2.29. The average Bonchev–Trinajstić information content (AvgIpc) is 3.07. The Kier molecular flexibility index (Phi) is 8.16. The molecule has 0 aromatic heterocycles. The first-order valence-corrected chi connectivity index (χ1v) is 12.6. The lowest BCUT2D eigenvalue weighted by atomic mass is 10.1. The van der Waals surface area contributed by atoms with Gasteiger partial charge in [0.1, 0.15) is 0 Å². The van der Waals surface area contributed by atoms with Gasteiger partial charge in [-0.2, -0.15) is 8.42 Å². The van der Waals surface area contributed by atoms with Crippen LogP contribution in [0.25, 0.3) is 0 Å². The van der Waals surface area contributed by atoms with Crippen LogP contribution in [-0.4, -0.2) is 19.1 Å². The first kappa shape index (κ1) is 22.6. The third-order valence-corrected chi connectivity index (χ3v) is 6.65. The van der Waals surface area contributed by atoms with Crippen molar-refractivity contribution in [2.45, 2.75) is 82.3 Å². The summed E-state index contributed by atoms with van der Waals surface area (Å²) in [5.74, 6) is 0. The summed E-state index contributed by atoms with van der Waals surface area (Å²) in [5.41, 5.74) is 2.97. The van der Waals surface area contributed by atoms with Crippen LogP contribution in [0.5, 0.6) is 0 Å². The molecule has 1 aliphatic heterocycles. The zero-order valence-electron chi connectivity index (χ0n) is 17.9. The SMILES string of the molecule is CCCCCCCCCCC1Nc2cc(S(=O)(=O)O)ccc2N1Cc1ccccc1. The van der Waals surface area contributed by atoms with E-state index >= 15 is 0 Å². The summed E-state index contributed by atoms with van der Waals surface area (Å²) in [7, 11) is -4.21. The lowest BCUT2D eigenvalue weighted by Crippen LogP contribution is -2.35. The first-order valence-electron chi connectivity index (χ1n) is 11.2. The van der Waals surface area contributed by atoms with Gasteiger partial charge in [0.05, 0.1) is 22.4 Å². The highest BCUT2D eigenvalue weighted by molar-refractivity contribution is 7.85. The maximum atomic E-state index is 11.5. The van der Waals surface area contributed by atoms with Gasteiger partial charge in [-0.05, 0) is 36.6 Å². The number of anilines is 2. The fraction of sp³-hybridized carbons (Fsp3) is 0.500. The van der Waals surface area contributed by atoms with Gasteiger partial charge in [-0.25, -0.2) is 0 Å². The zero-order chi connectivity index (χ0) is 21.4. The Morgan fingerprint density at radius 2 is 1.60 bits per heavy atom. The fourth-order valence-corrected chi connectivity index (χ4v) is 4.65. The normalized spacial score (nSPS) is 15.8. The lowest BCUT2D eigenvalue weighted by Gasteiger charge is -2.27. The number of unbranched alkanes of at least 4 members (excludes halogenated alkanes) is 7. The van der Waals surface area contributed by atoms with Gasteiger partial charge in [0.25, 0.3) is 10.1 Å². The molecule has 2 N–H and O–H groups in total. The van der Waals surface area contributed by atoms with Crippen molar-refractivity contribution in [3.63, 3.8) is 0 Å². The highest BCUT2D eigenvalue weighted by Crippen LogP contribution is 2.38. The van der Waals surface area contributed by atoms with E-state index in [0.717, 1.165) is 30.8 Å². The van der Waals surface area contributed by atoms with E-state index in [9.17, 15) is 13.0 Å². The maximum Gasteiger partial charge on any atom is 0.294 e. The second-order valence-corrected chi connectivity index (χ2v) is 9.61. The molecule has 1 unspecified atom stereocenters. The Morgan fingerprint density at radius 3 is 2.27 bits per heavy atom. The van der Waals surface area contributed by atoms with E-state index in [1.165, 1.54) is 62.6 Å². The molecule has 1 aliphatic rings. The largest absolute Gasteiger partial charge is 0.363 e. The van der Waals surface area contributed by atoms with E-state index in [1.54, 1.807) is 6.07 Å².